The summed E-state index contributed by atoms with van der Waals surface area (Å²) in [5.74, 6) is -0.343. The molecule has 1 aliphatic heterocycles. The third-order valence-electron chi connectivity index (χ3n) is 5.82. The second kappa shape index (κ2) is 9.18. The van der Waals surface area contributed by atoms with Crippen LogP contribution >= 0.6 is 0 Å². The molecule has 0 fully saturated rings. The van der Waals surface area contributed by atoms with Gasteiger partial charge in [0.05, 0.1) is 11.3 Å². The van der Waals surface area contributed by atoms with E-state index in [1.807, 2.05) is 54.6 Å². The summed E-state index contributed by atoms with van der Waals surface area (Å²) in [4.78, 5) is 40.0. The number of carbonyl (C=O) groups excluding carboxylic acids is 3. The molecule has 0 saturated carbocycles. The van der Waals surface area contributed by atoms with Crippen LogP contribution in [0.1, 0.15) is 59.0 Å². The number of fused-ring (bicyclic) bond motifs is 1. The van der Waals surface area contributed by atoms with E-state index in [-0.39, 0.29) is 17.6 Å². The number of carbonyl (C=O) groups is 3. The monoisotopic (exact) mass is 426 g/mol. The summed E-state index contributed by atoms with van der Waals surface area (Å²) < 4.78 is 0. The van der Waals surface area contributed by atoms with E-state index >= 15 is 0 Å². The fraction of sp³-hybridized carbons (Fsp3) is 0.222. The zero-order valence-electron chi connectivity index (χ0n) is 18.3. The standard InChI is InChI=1S/C27H26N2O3/c1-3-4-16-29-25(26(31)28-24-11-6-5-10-23(24)27(29)32)20-14-12-19(13-15-20)22-9-7-8-21(17-22)18(2)30/h5-15,17,25H,3-4,16H2,1-2H3,(H,28,31). The molecule has 3 aromatic rings. The van der Waals surface area contributed by atoms with Crippen molar-refractivity contribution in [3.63, 3.8) is 0 Å². The molecule has 0 spiro atoms. The van der Waals surface area contributed by atoms with Crippen LogP contribution in [0.4, 0.5) is 5.69 Å². The van der Waals surface area contributed by atoms with E-state index in [1.54, 1.807) is 30.0 Å². The van der Waals surface area contributed by atoms with Crippen LogP contribution in [-0.2, 0) is 4.79 Å². The number of ketones is 1. The lowest BCUT2D eigenvalue weighted by Gasteiger charge is -2.29. The summed E-state index contributed by atoms with van der Waals surface area (Å²) in [5.41, 5.74) is 4.35. The Bertz CT molecular complexity index is 1170. The van der Waals surface area contributed by atoms with Crippen molar-refractivity contribution in [2.45, 2.75) is 32.7 Å². The van der Waals surface area contributed by atoms with Crippen LogP contribution in [0.15, 0.2) is 72.8 Å². The molecule has 1 aliphatic rings. The molecule has 0 bridgehead atoms. The van der Waals surface area contributed by atoms with Gasteiger partial charge in [-0.15, -0.1) is 0 Å². The maximum Gasteiger partial charge on any atom is 0.256 e. The average molecular weight is 427 g/mol. The Hall–Kier alpha value is -3.73. The van der Waals surface area contributed by atoms with Crippen molar-refractivity contribution < 1.29 is 14.4 Å². The Balaban J connectivity index is 1.70. The molecule has 32 heavy (non-hydrogen) atoms. The number of Topliss-reactive ketones (excluding diaryl/α,β-unsaturated/α-hetero) is 1. The van der Waals surface area contributed by atoms with Crippen LogP contribution in [0, 0.1) is 0 Å². The summed E-state index contributed by atoms with van der Waals surface area (Å²) in [6.45, 7) is 4.12. The molecule has 162 valence electrons. The number of unbranched alkanes of at least 4 members (excludes halogenated alkanes) is 1. The van der Waals surface area contributed by atoms with Gasteiger partial charge in [-0.05, 0) is 48.2 Å². The van der Waals surface area contributed by atoms with Crippen LogP contribution in [0.5, 0.6) is 0 Å². The van der Waals surface area contributed by atoms with Crippen molar-refractivity contribution in [3.8, 4) is 11.1 Å². The van der Waals surface area contributed by atoms with Crippen LogP contribution in [-0.4, -0.2) is 29.0 Å². The van der Waals surface area contributed by atoms with Gasteiger partial charge in [0, 0.05) is 12.1 Å². The van der Waals surface area contributed by atoms with E-state index in [2.05, 4.69) is 12.2 Å². The van der Waals surface area contributed by atoms with Crippen molar-refractivity contribution in [1.29, 1.82) is 0 Å². The van der Waals surface area contributed by atoms with E-state index in [0.29, 0.717) is 23.4 Å². The highest BCUT2D eigenvalue weighted by atomic mass is 16.2. The molecule has 2 amide bonds. The van der Waals surface area contributed by atoms with Gasteiger partial charge in [-0.3, -0.25) is 14.4 Å². The van der Waals surface area contributed by atoms with E-state index in [4.69, 9.17) is 0 Å². The van der Waals surface area contributed by atoms with Crippen LogP contribution in [0.2, 0.25) is 0 Å². The molecule has 4 rings (SSSR count). The lowest BCUT2D eigenvalue weighted by molar-refractivity contribution is -0.120. The fourth-order valence-corrected chi connectivity index (χ4v) is 4.06. The SMILES string of the molecule is CCCCN1C(=O)c2ccccc2NC(=O)C1c1ccc(-c2cccc(C(C)=O)c2)cc1. The number of amides is 2. The van der Waals surface area contributed by atoms with Gasteiger partial charge in [-0.2, -0.15) is 0 Å². The highest BCUT2D eigenvalue weighted by Gasteiger charge is 2.35. The largest absolute Gasteiger partial charge is 0.323 e. The maximum absolute atomic E-state index is 13.4. The zero-order valence-corrected chi connectivity index (χ0v) is 18.3. The van der Waals surface area contributed by atoms with E-state index < -0.39 is 6.04 Å². The molecular formula is C27H26N2O3. The summed E-state index contributed by atoms with van der Waals surface area (Å²) in [7, 11) is 0. The Morgan fingerprint density at radius 1 is 0.938 bits per heavy atom. The molecule has 0 aliphatic carbocycles. The summed E-state index contributed by atoms with van der Waals surface area (Å²) in [5, 5.41) is 2.94. The normalized spacial score (nSPS) is 15.7. The van der Waals surface area contributed by atoms with E-state index in [1.165, 1.54) is 0 Å². The van der Waals surface area contributed by atoms with Crippen molar-refractivity contribution in [2.24, 2.45) is 0 Å². The van der Waals surface area contributed by atoms with Crippen LogP contribution in [0.25, 0.3) is 11.1 Å². The minimum atomic E-state index is -0.709. The van der Waals surface area contributed by atoms with Gasteiger partial charge in [0.25, 0.3) is 11.8 Å². The smallest absolute Gasteiger partial charge is 0.256 e. The predicted octanol–water partition coefficient (Wildman–Crippen LogP) is 5.49. The molecule has 0 radical (unpaired) electrons. The highest BCUT2D eigenvalue weighted by molar-refractivity contribution is 6.10. The van der Waals surface area contributed by atoms with Gasteiger partial charge >= 0.3 is 0 Å². The number of nitrogens with zero attached hydrogens (tertiary/aromatic N) is 1. The topological polar surface area (TPSA) is 66.5 Å². The van der Waals surface area contributed by atoms with Gasteiger partial charge in [0.15, 0.2) is 5.78 Å². The number of hydrogen-bond acceptors (Lipinski definition) is 3. The molecule has 0 aromatic heterocycles. The second-order valence-electron chi connectivity index (χ2n) is 8.05. The molecule has 5 nitrogen and oxygen atoms in total. The van der Waals surface area contributed by atoms with Crippen molar-refractivity contribution in [1.82, 2.24) is 4.90 Å². The Morgan fingerprint density at radius 3 is 2.41 bits per heavy atom. The third kappa shape index (κ3) is 4.19. The predicted molar refractivity (Wildman–Crippen MR) is 126 cm³/mol. The molecule has 1 N–H and O–H groups in total. The minimum Gasteiger partial charge on any atom is -0.323 e. The fourth-order valence-electron chi connectivity index (χ4n) is 4.06. The number of benzene rings is 3. The van der Waals surface area contributed by atoms with E-state index in [0.717, 1.165) is 29.5 Å². The number of hydrogen-bond donors (Lipinski definition) is 1. The molecule has 3 aromatic carbocycles. The molecule has 1 unspecified atom stereocenters. The Kier molecular flexibility index (Phi) is 6.17. The van der Waals surface area contributed by atoms with Gasteiger partial charge in [-0.25, -0.2) is 0 Å². The molecule has 5 heteroatoms. The Labute approximate surface area is 188 Å². The first-order valence-electron chi connectivity index (χ1n) is 10.9. The Morgan fingerprint density at radius 2 is 1.69 bits per heavy atom. The maximum atomic E-state index is 13.4. The van der Waals surface area contributed by atoms with Crippen molar-refractivity contribution in [2.75, 3.05) is 11.9 Å². The lowest BCUT2D eigenvalue weighted by atomic mass is 9.97. The van der Waals surface area contributed by atoms with Gasteiger partial charge in [0.2, 0.25) is 0 Å². The lowest BCUT2D eigenvalue weighted by Crippen LogP contribution is -2.39. The second-order valence-corrected chi connectivity index (χ2v) is 8.05. The van der Waals surface area contributed by atoms with Crippen LogP contribution < -0.4 is 5.32 Å². The molecule has 1 heterocycles. The van der Waals surface area contributed by atoms with Crippen LogP contribution in [0.3, 0.4) is 0 Å². The summed E-state index contributed by atoms with van der Waals surface area (Å²) in [6.07, 6.45) is 1.73. The van der Waals surface area contributed by atoms with Crippen molar-refractivity contribution >= 4 is 23.3 Å². The highest BCUT2D eigenvalue weighted by Crippen LogP contribution is 2.32. The van der Waals surface area contributed by atoms with E-state index in [9.17, 15) is 14.4 Å². The average Bonchev–Trinajstić information content (AvgIpc) is 2.91. The van der Waals surface area contributed by atoms with Gasteiger partial charge in [0.1, 0.15) is 6.04 Å². The summed E-state index contributed by atoms with van der Waals surface area (Å²) >= 11 is 0. The zero-order chi connectivity index (χ0) is 22.7. The number of anilines is 1. The number of nitrogens with one attached hydrogen (secondary N) is 1. The third-order valence-corrected chi connectivity index (χ3v) is 5.82. The number of rotatable bonds is 6. The first-order valence-corrected chi connectivity index (χ1v) is 10.9. The first-order chi connectivity index (χ1) is 15.5. The molecule has 1 atom stereocenters. The van der Waals surface area contributed by atoms with Gasteiger partial charge < -0.3 is 10.2 Å². The molecule has 0 saturated heterocycles. The first kappa shape index (κ1) is 21.5. The summed E-state index contributed by atoms with van der Waals surface area (Å²) in [6, 6.07) is 21.6. The number of para-hydroxylation sites is 1. The quantitative estimate of drug-likeness (QED) is 0.530. The minimum absolute atomic E-state index is 0.0169. The van der Waals surface area contributed by atoms with Gasteiger partial charge in [-0.1, -0.05) is 67.9 Å². The molecular weight excluding hydrogens is 400 g/mol. The van der Waals surface area contributed by atoms with Crippen molar-refractivity contribution in [3.05, 3.63) is 89.5 Å².